The van der Waals surface area contributed by atoms with Gasteiger partial charge in [-0.1, -0.05) is 13.8 Å². The SMILES string of the molecule is CC(C)C(Oc1cc(C(F)(F)F)cc(C(F)(F)F)c1)C(=O)NC(N)=O. The molecule has 0 radical (unpaired) electrons. The van der Waals surface area contributed by atoms with Crippen LogP contribution in [-0.4, -0.2) is 18.0 Å². The van der Waals surface area contributed by atoms with Gasteiger partial charge in [-0.2, -0.15) is 26.3 Å². The topological polar surface area (TPSA) is 81.4 Å². The van der Waals surface area contributed by atoms with Gasteiger partial charge in [0.05, 0.1) is 11.1 Å². The zero-order valence-electron chi connectivity index (χ0n) is 13.0. The number of benzene rings is 1. The lowest BCUT2D eigenvalue weighted by atomic mass is 10.1. The van der Waals surface area contributed by atoms with Gasteiger partial charge in [0.25, 0.3) is 5.91 Å². The summed E-state index contributed by atoms with van der Waals surface area (Å²) < 4.78 is 81.8. The van der Waals surface area contributed by atoms with Gasteiger partial charge in [0.1, 0.15) is 5.75 Å². The molecular weight excluding hydrogens is 358 g/mol. The number of urea groups is 1. The Morgan fingerprint density at radius 1 is 1.00 bits per heavy atom. The molecule has 25 heavy (non-hydrogen) atoms. The molecule has 0 spiro atoms. The molecule has 1 unspecified atom stereocenters. The second-order valence-electron chi connectivity index (χ2n) is 5.38. The van der Waals surface area contributed by atoms with Crippen LogP contribution in [0.2, 0.25) is 0 Å². The van der Waals surface area contributed by atoms with Gasteiger partial charge >= 0.3 is 18.4 Å². The van der Waals surface area contributed by atoms with Gasteiger partial charge in [0.2, 0.25) is 0 Å². The minimum Gasteiger partial charge on any atom is -0.480 e. The number of rotatable bonds is 4. The highest BCUT2D eigenvalue weighted by Gasteiger charge is 2.38. The van der Waals surface area contributed by atoms with Crippen molar-refractivity contribution in [2.24, 2.45) is 11.7 Å². The van der Waals surface area contributed by atoms with Crippen LogP contribution in [0.4, 0.5) is 31.1 Å². The average Bonchev–Trinajstić information content (AvgIpc) is 2.41. The van der Waals surface area contributed by atoms with Gasteiger partial charge in [0.15, 0.2) is 6.10 Å². The first-order valence-electron chi connectivity index (χ1n) is 6.78. The van der Waals surface area contributed by atoms with Crippen LogP contribution >= 0.6 is 0 Å². The van der Waals surface area contributed by atoms with Crippen molar-refractivity contribution in [1.82, 2.24) is 5.32 Å². The molecule has 1 rings (SSSR count). The number of imide groups is 1. The van der Waals surface area contributed by atoms with Gasteiger partial charge in [0, 0.05) is 0 Å². The summed E-state index contributed by atoms with van der Waals surface area (Å²) in [4.78, 5) is 22.5. The standard InChI is InChI=1S/C14H14F6N2O3/c1-6(2)10(11(23)22-12(21)24)25-9-4-7(13(15,16)17)3-8(5-9)14(18,19)20/h3-6,10H,1-2H3,(H3,21,22,23,24). The fraction of sp³-hybridized carbons (Fsp3) is 0.429. The molecule has 1 aromatic rings. The van der Waals surface area contributed by atoms with Crippen LogP contribution in [0.25, 0.3) is 0 Å². The zero-order chi connectivity index (χ0) is 19.6. The molecule has 0 aliphatic heterocycles. The fourth-order valence-corrected chi connectivity index (χ4v) is 1.83. The van der Waals surface area contributed by atoms with Crippen LogP contribution < -0.4 is 15.8 Å². The highest BCUT2D eigenvalue weighted by molar-refractivity contribution is 5.96. The molecule has 0 saturated carbocycles. The number of alkyl halides is 6. The van der Waals surface area contributed by atoms with Crippen molar-refractivity contribution in [1.29, 1.82) is 0 Å². The largest absolute Gasteiger partial charge is 0.480 e. The molecule has 0 bridgehead atoms. The Kier molecular flexibility index (Phi) is 5.92. The Hall–Kier alpha value is -2.46. The smallest absolute Gasteiger partial charge is 0.416 e. The van der Waals surface area contributed by atoms with Crippen molar-refractivity contribution in [3.63, 3.8) is 0 Å². The van der Waals surface area contributed by atoms with E-state index in [1.54, 1.807) is 5.32 Å². The zero-order valence-corrected chi connectivity index (χ0v) is 13.0. The lowest BCUT2D eigenvalue weighted by molar-refractivity contribution is -0.143. The first-order chi connectivity index (χ1) is 11.2. The number of amides is 3. The number of nitrogens with one attached hydrogen (secondary N) is 1. The summed E-state index contributed by atoms with van der Waals surface area (Å²) in [5.41, 5.74) is 1.59. The third-order valence-electron chi connectivity index (χ3n) is 2.93. The van der Waals surface area contributed by atoms with E-state index in [1.165, 1.54) is 13.8 Å². The number of nitrogens with two attached hydrogens (primary N) is 1. The molecule has 1 atom stereocenters. The molecule has 0 aliphatic rings. The van der Waals surface area contributed by atoms with Crippen molar-refractivity contribution in [3.8, 4) is 5.75 Å². The summed E-state index contributed by atoms with van der Waals surface area (Å²) in [6, 6.07) is -0.635. The lowest BCUT2D eigenvalue weighted by Gasteiger charge is -2.22. The van der Waals surface area contributed by atoms with E-state index in [9.17, 15) is 35.9 Å². The third-order valence-corrected chi connectivity index (χ3v) is 2.93. The Bertz CT molecular complexity index is 623. The molecule has 5 nitrogen and oxygen atoms in total. The summed E-state index contributed by atoms with van der Waals surface area (Å²) in [6.07, 6.45) is -11.6. The number of hydrogen-bond acceptors (Lipinski definition) is 3. The Morgan fingerprint density at radius 2 is 1.44 bits per heavy atom. The molecule has 140 valence electrons. The van der Waals surface area contributed by atoms with Gasteiger partial charge in [-0.3, -0.25) is 10.1 Å². The average molecular weight is 372 g/mol. The number of carbonyl (C=O) groups excluding carboxylic acids is 2. The molecule has 11 heteroatoms. The maximum absolute atomic E-state index is 12.8. The van der Waals surface area contributed by atoms with E-state index in [0.29, 0.717) is 12.1 Å². The van der Waals surface area contributed by atoms with Crippen molar-refractivity contribution < 1.29 is 40.7 Å². The minimum absolute atomic E-state index is 0.0687. The van der Waals surface area contributed by atoms with Crippen LogP contribution in [0.3, 0.4) is 0 Å². The van der Waals surface area contributed by atoms with Gasteiger partial charge in [-0.15, -0.1) is 0 Å². The van der Waals surface area contributed by atoms with E-state index < -0.39 is 53.2 Å². The van der Waals surface area contributed by atoms with E-state index in [-0.39, 0.29) is 6.07 Å². The fourth-order valence-electron chi connectivity index (χ4n) is 1.83. The van der Waals surface area contributed by atoms with Crippen LogP contribution in [0.1, 0.15) is 25.0 Å². The molecule has 0 saturated heterocycles. The van der Waals surface area contributed by atoms with E-state index in [4.69, 9.17) is 10.5 Å². The Morgan fingerprint density at radius 3 is 1.76 bits per heavy atom. The quantitative estimate of drug-likeness (QED) is 0.796. The molecule has 0 heterocycles. The molecule has 3 N–H and O–H groups in total. The maximum Gasteiger partial charge on any atom is 0.416 e. The molecule has 0 fully saturated rings. The second-order valence-corrected chi connectivity index (χ2v) is 5.38. The Balaban J connectivity index is 3.30. The summed E-state index contributed by atoms with van der Waals surface area (Å²) in [5.74, 6) is -2.59. The minimum atomic E-state index is -5.05. The first-order valence-corrected chi connectivity index (χ1v) is 6.78. The summed E-state index contributed by atoms with van der Waals surface area (Å²) >= 11 is 0. The van der Waals surface area contributed by atoms with Crippen molar-refractivity contribution in [2.45, 2.75) is 32.3 Å². The van der Waals surface area contributed by atoms with E-state index in [1.807, 2.05) is 0 Å². The van der Waals surface area contributed by atoms with Crippen LogP contribution in [0, 0.1) is 5.92 Å². The number of halogens is 6. The van der Waals surface area contributed by atoms with Crippen molar-refractivity contribution in [2.75, 3.05) is 0 Å². The van der Waals surface area contributed by atoms with Crippen molar-refractivity contribution in [3.05, 3.63) is 29.3 Å². The predicted molar refractivity (Wildman–Crippen MR) is 73.4 cm³/mol. The first kappa shape index (κ1) is 20.6. The highest BCUT2D eigenvalue weighted by atomic mass is 19.4. The number of hydrogen-bond donors (Lipinski definition) is 2. The highest BCUT2D eigenvalue weighted by Crippen LogP contribution is 2.38. The summed E-state index contributed by atoms with van der Waals surface area (Å²) in [7, 11) is 0. The van der Waals surface area contributed by atoms with Gasteiger partial charge in [-0.25, -0.2) is 4.79 Å². The lowest BCUT2D eigenvalue weighted by Crippen LogP contribution is -2.46. The van der Waals surface area contributed by atoms with Crippen LogP contribution in [0.15, 0.2) is 18.2 Å². The van der Waals surface area contributed by atoms with E-state index in [2.05, 4.69) is 0 Å². The molecule has 0 aromatic heterocycles. The van der Waals surface area contributed by atoms with E-state index >= 15 is 0 Å². The molecular formula is C14H14F6N2O3. The molecule has 1 aromatic carbocycles. The van der Waals surface area contributed by atoms with Crippen LogP contribution in [0.5, 0.6) is 5.75 Å². The number of primary amides is 1. The normalized spacial score (nSPS) is 13.5. The number of carbonyl (C=O) groups is 2. The monoisotopic (exact) mass is 372 g/mol. The third kappa shape index (κ3) is 5.84. The second kappa shape index (κ2) is 7.19. The van der Waals surface area contributed by atoms with E-state index in [0.717, 1.165) is 0 Å². The predicted octanol–water partition coefficient (Wildman–Crippen LogP) is 3.32. The van der Waals surface area contributed by atoms with Gasteiger partial charge < -0.3 is 10.5 Å². The summed E-state index contributed by atoms with van der Waals surface area (Å²) in [5, 5.41) is 1.66. The Labute approximate surface area is 138 Å². The van der Waals surface area contributed by atoms with Gasteiger partial charge in [-0.05, 0) is 24.1 Å². The molecule has 0 aliphatic carbocycles. The van der Waals surface area contributed by atoms with Crippen molar-refractivity contribution >= 4 is 11.9 Å². The number of ether oxygens (including phenoxy) is 1. The molecule has 3 amide bonds. The summed E-state index contributed by atoms with van der Waals surface area (Å²) in [6.45, 7) is 2.84. The van der Waals surface area contributed by atoms with Crippen LogP contribution in [-0.2, 0) is 17.1 Å². The maximum atomic E-state index is 12.8.